The van der Waals surface area contributed by atoms with Gasteiger partial charge in [-0.2, -0.15) is 4.39 Å². The van der Waals surface area contributed by atoms with E-state index in [9.17, 15) is 8.78 Å². The van der Waals surface area contributed by atoms with Crippen molar-refractivity contribution in [1.82, 2.24) is 0 Å². The van der Waals surface area contributed by atoms with Crippen LogP contribution in [0.2, 0.25) is 0 Å². The molecule has 0 saturated heterocycles. The van der Waals surface area contributed by atoms with Gasteiger partial charge in [0, 0.05) is 0 Å². The zero-order chi connectivity index (χ0) is 11.5. The van der Waals surface area contributed by atoms with Crippen molar-refractivity contribution in [2.45, 2.75) is 6.61 Å². The SMILES string of the molecule is Nc1ccc(F)c(F)c1OCc1ccco1. The maximum Gasteiger partial charge on any atom is 0.202 e. The Morgan fingerprint density at radius 2 is 2.06 bits per heavy atom. The highest BCUT2D eigenvalue weighted by Gasteiger charge is 2.13. The lowest BCUT2D eigenvalue weighted by atomic mass is 10.3. The van der Waals surface area contributed by atoms with Crippen LogP contribution in [0.3, 0.4) is 0 Å². The molecule has 0 unspecified atom stereocenters. The molecule has 0 aliphatic heterocycles. The van der Waals surface area contributed by atoms with Gasteiger partial charge in [0.15, 0.2) is 11.6 Å². The van der Waals surface area contributed by atoms with E-state index in [1.807, 2.05) is 0 Å². The van der Waals surface area contributed by atoms with Crippen molar-refractivity contribution in [3.63, 3.8) is 0 Å². The Kier molecular flexibility index (Phi) is 2.76. The van der Waals surface area contributed by atoms with Crippen molar-refractivity contribution < 1.29 is 17.9 Å². The largest absolute Gasteiger partial charge is 0.480 e. The number of halogens is 2. The van der Waals surface area contributed by atoms with E-state index in [-0.39, 0.29) is 18.0 Å². The summed E-state index contributed by atoms with van der Waals surface area (Å²) in [7, 11) is 0. The summed E-state index contributed by atoms with van der Waals surface area (Å²) in [5, 5.41) is 0. The van der Waals surface area contributed by atoms with E-state index in [4.69, 9.17) is 14.9 Å². The topological polar surface area (TPSA) is 48.4 Å². The predicted molar refractivity (Wildman–Crippen MR) is 53.8 cm³/mol. The molecule has 0 aliphatic rings. The fourth-order valence-electron chi connectivity index (χ4n) is 1.23. The van der Waals surface area contributed by atoms with Gasteiger partial charge < -0.3 is 14.9 Å². The number of rotatable bonds is 3. The molecule has 0 radical (unpaired) electrons. The van der Waals surface area contributed by atoms with E-state index < -0.39 is 11.6 Å². The number of nitrogens with two attached hydrogens (primary N) is 1. The van der Waals surface area contributed by atoms with Crippen LogP contribution in [0.1, 0.15) is 5.76 Å². The Labute approximate surface area is 90.4 Å². The number of ether oxygens (including phenoxy) is 1. The van der Waals surface area contributed by atoms with Crippen LogP contribution >= 0.6 is 0 Å². The van der Waals surface area contributed by atoms with Gasteiger partial charge in [-0.25, -0.2) is 4.39 Å². The zero-order valence-electron chi connectivity index (χ0n) is 8.24. The van der Waals surface area contributed by atoms with Crippen LogP contribution < -0.4 is 10.5 Å². The van der Waals surface area contributed by atoms with Gasteiger partial charge in [-0.05, 0) is 24.3 Å². The summed E-state index contributed by atoms with van der Waals surface area (Å²) in [4.78, 5) is 0. The van der Waals surface area contributed by atoms with Gasteiger partial charge in [-0.1, -0.05) is 0 Å². The van der Waals surface area contributed by atoms with E-state index in [1.165, 1.54) is 12.3 Å². The molecule has 0 spiro atoms. The number of furan rings is 1. The average molecular weight is 225 g/mol. The molecule has 1 aromatic heterocycles. The second-order valence-electron chi connectivity index (χ2n) is 3.15. The van der Waals surface area contributed by atoms with Gasteiger partial charge in [0.1, 0.15) is 12.4 Å². The molecule has 84 valence electrons. The first-order valence-electron chi connectivity index (χ1n) is 4.57. The van der Waals surface area contributed by atoms with Gasteiger partial charge in [-0.15, -0.1) is 0 Å². The minimum atomic E-state index is -1.09. The van der Waals surface area contributed by atoms with Crippen LogP contribution in [0.15, 0.2) is 34.9 Å². The normalized spacial score (nSPS) is 10.4. The molecule has 2 aromatic rings. The standard InChI is InChI=1S/C11H9F2NO2/c12-8-3-4-9(14)11(10(8)13)16-6-7-2-1-5-15-7/h1-5H,6,14H2. The van der Waals surface area contributed by atoms with Crippen molar-refractivity contribution in [2.24, 2.45) is 0 Å². The van der Waals surface area contributed by atoms with Gasteiger partial charge in [0.2, 0.25) is 5.82 Å². The summed E-state index contributed by atoms with van der Waals surface area (Å²) in [6, 6.07) is 5.53. The van der Waals surface area contributed by atoms with Gasteiger partial charge >= 0.3 is 0 Å². The molecule has 0 atom stereocenters. The Hall–Kier alpha value is -2.04. The summed E-state index contributed by atoms with van der Waals surface area (Å²) < 4.78 is 36.2. The molecule has 2 N–H and O–H groups in total. The molecule has 1 heterocycles. The molecule has 1 aromatic carbocycles. The molecule has 2 rings (SSSR count). The minimum Gasteiger partial charge on any atom is -0.480 e. The fourth-order valence-corrected chi connectivity index (χ4v) is 1.23. The highest BCUT2D eigenvalue weighted by atomic mass is 19.2. The maximum atomic E-state index is 13.3. The molecule has 0 saturated carbocycles. The fraction of sp³-hybridized carbons (Fsp3) is 0.0909. The van der Waals surface area contributed by atoms with Crippen LogP contribution in [-0.2, 0) is 6.61 Å². The van der Waals surface area contributed by atoms with Crippen LogP contribution in [0.4, 0.5) is 14.5 Å². The molecule has 0 bridgehead atoms. The van der Waals surface area contributed by atoms with Crippen LogP contribution in [0.5, 0.6) is 5.75 Å². The first kappa shape index (κ1) is 10.5. The van der Waals surface area contributed by atoms with Crippen molar-refractivity contribution >= 4 is 5.69 Å². The summed E-state index contributed by atoms with van der Waals surface area (Å²) in [5.41, 5.74) is 5.51. The van der Waals surface area contributed by atoms with E-state index in [0.717, 1.165) is 6.07 Å². The van der Waals surface area contributed by atoms with Crippen molar-refractivity contribution in [1.29, 1.82) is 0 Å². The lowest BCUT2D eigenvalue weighted by molar-refractivity contribution is 0.256. The Bertz CT molecular complexity index is 483. The quantitative estimate of drug-likeness (QED) is 0.817. The average Bonchev–Trinajstić information content (AvgIpc) is 2.77. The van der Waals surface area contributed by atoms with Gasteiger partial charge in [-0.3, -0.25) is 0 Å². The Morgan fingerprint density at radius 1 is 1.25 bits per heavy atom. The third-order valence-electron chi connectivity index (χ3n) is 2.02. The highest BCUT2D eigenvalue weighted by Crippen LogP contribution is 2.27. The maximum absolute atomic E-state index is 13.3. The molecular formula is C11H9F2NO2. The Balaban J connectivity index is 2.18. The monoisotopic (exact) mass is 225 g/mol. The van der Waals surface area contributed by atoms with Crippen molar-refractivity contribution in [3.8, 4) is 5.75 Å². The van der Waals surface area contributed by atoms with Gasteiger partial charge in [0.05, 0.1) is 12.0 Å². The number of hydrogen-bond acceptors (Lipinski definition) is 3. The first-order valence-corrected chi connectivity index (χ1v) is 4.57. The number of nitrogen functional groups attached to an aromatic ring is 1. The second-order valence-corrected chi connectivity index (χ2v) is 3.15. The Morgan fingerprint density at radius 3 is 2.75 bits per heavy atom. The number of benzene rings is 1. The first-order chi connectivity index (χ1) is 7.68. The molecule has 3 nitrogen and oxygen atoms in total. The van der Waals surface area contributed by atoms with Crippen molar-refractivity contribution in [3.05, 3.63) is 47.9 Å². The van der Waals surface area contributed by atoms with E-state index in [2.05, 4.69) is 0 Å². The second kappa shape index (κ2) is 4.22. The molecule has 5 heteroatoms. The van der Waals surface area contributed by atoms with E-state index in [1.54, 1.807) is 12.1 Å². The predicted octanol–water partition coefficient (Wildman–Crippen LogP) is 2.72. The lowest BCUT2D eigenvalue weighted by Gasteiger charge is -2.08. The van der Waals surface area contributed by atoms with E-state index in [0.29, 0.717) is 5.76 Å². The summed E-state index contributed by atoms with van der Waals surface area (Å²) in [5.74, 6) is -1.88. The summed E-state index contributed by atoms with van der Waals surface area (Å²) in [6.45, 7) is -0.00241. The number of hydrogen-bond donors (Lipinski definition) is 1. The highest BCUT2D eigenvalue weighted by molar-refractivity contribution is 5.53. The van der Waals surface area contributed by atoms with Crippen LogP contribution in [0.25, 0.3) is 0 Å². The third kappa shape index (κ3) is 1.98. The molecule has 0 amide bonds. The molecule has 16 heavy (non-hydrogen) atoms. The molecule has 0 fully saturated rings. The van der Waals surface area contributed by atoms with Crippen LogP contribution in [0, 0.1) is 11.6 Å². The lowest BCUT2D eigenvalue weighted by Crippen LogP contribution is -2.02. The molecular weight excluding hydrogens is 216 g/mol. The van der Waals surface area contributed by atoms with Crippen molar-refractivity contribution in [2.75, 3.05) is 5.73 Å². The number of anilines is 1. The summed E-state index contributed by atoms with van der Waals surface area (Å²) >= 11 is 0. The van der Waals surface area contributed by atoms with E-state index >= 15 is 0 Å². The van der Waals surface area contributed by atoms with Gasteiger partial charge in [0.25, 0.3) is 0 Å². The molecule has 0 aliphatic carbocycles. The smallest absolute Gasteiger partial charge is 0.202 e. The minimum absolute atomic E-state index is 0.00241. The third-order valence-corrected chi connectivity index (χ3v) is 2.02. The summed E-state index contributed by atoms with van der Waals surface area (Å²) in [6.07, 6.45) is 1.46. The van der Waals surface area contributed by atoms with Crippen LogP contribution in [-0.4, -0.2) is 0 Å². The zero-order valence-corrected chi connectivity index (χ0v) is 8.24.